The third kappa shape index (κ3) is 4.81. The van der Waals surface area contributed by atoms with E-state index >= 15 is 0 Å². The number of fused-ring (bicyclic) bond motifs is 11. The van der Waals surface area contributed by atoms with Crippen LogP contribution in [0.25, 0.3) is 75.0 Å². The molecular weight excluding hydrogens is 737 g/mol. The van der Waals surface area contributed by atoms with Gasteiger partial charge in [0.2, 0.25) is 0 Å². The van der Waals surface area contributed by atoms with Gasteiger partial charge in [0.05, 0.1) is 25.8 Å². The summed E-state index contributed by atoms with van der Waals surface area (Å²) in [6.07, 6.45) is 0. The highest BCUT2D eigenvalue weighted by Crippen LogP contribution is 2.62. The van der Waals surface area contributed by atoms with Crippen LogP contribution in [0.1, 0.15) is 22.3 Å². The van der Waals surface area contributed by atoms with Crippen molar-refractivity contribution < 1.29 is 0 Å². The Morgan fingerprint density at radius 2 is 0.821 bits per heavy atom. The second-order valence-electron chi connectivity index (χ2n) is 14.5. The van der Waals surface area contributed by atoms with Crippen LogP contribution in [0.4, 0.5) is 0 Å². The van der Waals surface area contributed by atoms with Gasteiger partial charge >= 0.3 is 0 Å². The van der Waals surface area contributed by atoms with E-state index in [1.54, 1.807) is 22.7 Å². The molecule has 5 heteroatoms. The molecule has 12 rings (SSSR count). The minimum Gasteiger partial charge on any atom is -0.236 e. The number of para-hydroxylation sites is 2. The molecule has 1 spiro atoms. The lowest BCUT2D eigenvalue weighted by Crippen LogP contribution is -2.31. The fourth-order valence-corrected chi connectivity index (χ4v) is 12.0. The van der Waals surface area contributed by atoms with E-state index in [1.807, 2.05) is 11.8 Å². The van der Waals surface area contributed by atoms with Crippen LogP contribution in [-0.4, -0.2) is 9.97 Å². The van der Waals surface area contributed by atoms with Gasteiger partial charge in [-0.05, 0) is 122 Å². The van der Waals surface area contributed by atoms with Crippen LogP contribution in [0, 0.1) is 0 Å². The third-order valence-corrected chi connectivity index (χ3v) is 14.7. The van der Waals surface area contributed by atoms with Gasteiger partial charge in [-0.1, -0.05) is 127 Å². The van der Waals surface area contributed by atoms with Crippen LogP contribution in [-0.2, 0) is 5.41 Å². The number of benzene rings is 8. The van der Waals surface area contributed by atoms with Crippen molar-refractivity contribution in [3.63, 3.8) is 0 Å². The quantitative estimate of drug-likeness (QED) is 0.178. The Balaban J connectivity index is 1.04. The first kappa shape index (κ1) is 32.2. The van der Waals surface area contributed by atoms with Crippen LogP contribution < -0.4 is 0 Å². The number of nitrogens with zero attached hydrogens (tertiary/aromatic N) is 2. The molecule has 0 fully saturated rings. The lowest BCUT2D eigenvalue weighted by Gasteiger charge is -2.39. The van der Waals surface area contributed by atoms with Crippen molar-refractivity contribution in [3.8, 4) is 54.5 Å². The van der Waals surface area contributed by atoms with Crippen LogP contribution in [0.2, 0.25) is 0 Å². The SMILES string of the molecule is c1cc(-c2cc(-c3nc4ccccc4s3)cc(-c3nc4ccccc4s3)c2)cc(-c2ccc3c(c2)C2(c4ccccc4Sc4ccccc42)c2ccccc2-3)c1. The standard InChI is InChI=1S/C51H30N2S3/c1-2-15-39-37(14-1)38-25-24-33(30-42(38)51(39)40-16-3-7-20-45(40)54-46-21-8-4-17-41(46)51)31-12-11-13-32(26-31)34-27-35(49-52-43-18-5-9-22-47(43)55-49)29-36(28-34)50-53-44-19-6-10-23-48(44)56-50/h1-30H. The van der Waals surface area contributed by atoms with Gasteiger partial charge in [-0.25, -0.2) is 9.97 Å². The Kier molecular flexibility index (Phi) is 7.15. The maximum atomic E-state index is 5.08. The van der Waals surface area contributed by atoms with E-state index in [0.29, 0.717) is 0 Å². The summed E-state index contributed by atoms with van der Waals surface area (Å²) in [5.74, 6) is 0. The Morgan fingerprint density at radius 1 is 0.339 bits per heavy atom. The lowest BCUT2D eigenvalue weighted by atomic mass is 9.67. The average molecular weight is 767 g/mol. The Hall–Kier alpha value is -6.11. The van der Waals surface area contributed by atoms with Crippen molar-refractivity contribution >= 4 is 54.9 Å². The van der Waals surface area contributed by atoms with Gasteiger partial charge in [0.15, 0.2) is 0 Å². The maximum absolute atomic E-state index is 5.08. The summed E-state index contributed by atoms with van der Waals surface area (Å²) in [5, 5.41) is 2.03. The summed E-state index contributed by atoms with van der Waals surface area (Å²) in [6.45, 7) is 0. The highest BCUT2D eigenvalue weighted by Gasteiger charge is 2.50. The van der Waals surface area contributed by atoms with Crippen LogP contribution in [0.3, 0.4) is 0 Å². The molecule has 1 aliphatic heterocycles. The molecule has 0 atom stereocenters. The van der Waals surface area contributed by atoms with Crippen molar-refractivity contribution in [2.75, 3.05) is 0 Å². The average Bonchev–Trinajstić information content (AvgIpc) is 3.97. The summed E-state index contributed by atoms with van der Waals surface area (Å²) in [5.41, 5.74) is 16.6. The molecule has 0 saturated heterocycles. The smallest absolute Gasteiger partial charge is 0.124 e. The van der Waals surface area contributed by atoms with Crippen LogP contribution in [0.15, 0.2) is 192 Å². The molecule has 2 aromatic heterocycles. The zero-order chi connectivity index (χ0) is 36.8. The molecule has 0 unspecified atom stereocenters. The van der Waals surface area contributed by atoms with E-state index < -0.39 is 5.41 Å². The van der Waals surface area contributed by atoms with E-state index in [1.165, 1.54) is 63.7 Å². The molecule has 0 amide bonds. The molecule has 3 heterocycles. The maximum Gasteiger partial charge on any atom is 0.124 e. The molecule has 56 heavy (non-hydrogen) atoms. The molecule has 0 bridgehead atoms. The minimum absolute atomic E-state index is 0.407. The van der Waals surface area contributed by atoms with Crippen molar-refractivity contribution in [3.05, 3.63) is 204 Å². The number of aromatic nitrogens is 2. The van der Waals surface area contributed by atoms with Crippen molar-refractivity contribution in [1.82, 2.24) is 9.97 Å². The Bertz CT molecular complexity index is 3000. The number of thiazole rings is 2. The van der Waals surface area contributed by atoms with E-state index in [2.05, 4.69) is 182 Å². The Labute approximate surface area is 336 Å². The number of rotatable bonds is 4. The first-order chi connectivity index (χ1) is 27.7. The Morgan fingerprint density at radius 3 is 1.46 bits per heavy atom. The molecule has 262 valence electrons. The molecule has 1 aliphatic carbocycles. The highest BCUT2D eigenvalue weighted by atomic mass is 32.2. The van der Waals surface area contributed by atoms with Gasteiger partial charge < -0.3 is 0 Å². The predicted molar refractivity (Wildman–Crippen MR) is 236 cm³/mol. The van der Waals surface area contributed by atoms with E-state index in [-0.39, 0.29) is 0 Å². The molecule has 2 aliphatic rings. The van der Waals surface area contributed by atoms with E-state index in [4.69, 9.17) is 9.97 Å². The zero-order valence-electron chi connectivity index (χ0n) is 29.9. The number of hydrogen-bond donors (Lipinski definition) is 0. The van der Waals surface area contributed by atoms with Crippen molar-refractivity contribution in [2.45, 2.75) is 15.2 Å². The summed E-state index contributed by atoms with van der Waals surface area (Å²) in [7, 11) is 0. The fourth-order valence-electron chi connectivity index (χ4n) is 8.94. The van der Waals surface area contributed by atoms with Gasteiger partial charge in [0.25, 0.3) is 0 Å². The van der Waals surface area contributed by atoms with Gasteiger partial charge in [0, 0.05) is 20.9 Å². The molecule has 8 aromatic carbocycles. The first-order valence-electron chi connectivity index (χ1n) is 18.8. The fraction of sp³-hybridized carbons (Fsp3) is 0.0196. The van der Waals surface area contributed by atoms with Crippen molar-refractivity contribution in [2.24, 2.45) is 0 Å². The van der Waals surface area contributed by atoms with Crippen LogP contribution in [0.5, 0.6) is 0 Å². The molecule has 0 radical (unpaired) electrons. The molecule has 10 aromatic rings. The zero-order valence-corrected chi connectivity index (χ0v) is 32.4. The highest BCUT2D eigenvalue weighted by molar-refractivity contribution is 7.99. The van der Waals surface area contributed by atoms with E-state index in [0.717, 1.165) is 43.3 Å². The van der Waals surface area contributed by atoms with Gasteiger partial charge in [0.1, 0.15) is 10.0 Å². The predicted octanol–water partition coefficient (Wildman–Crippen LogP) is 14.4. The van der Waals surface area contributed by atoms with Gasteiger partial charge in [-0.3, -0.25) is 0 Å². The second-order valence-corrected chi connectivity index (χ2v) is 17.6. The number of hydrogen-bond acceptors (Lipinski definition) is 5. The molecule has 2 nitrogen and oxygen atoms in total. The van der Waals surface area contributed by atoms with Crippen molar-refractivity contribution in [1.29, 1.82) is 0 Å². The van der Waals surface area contributed by atoms with Crippen LogP contribution >= 0.6 is 34.4 Å². The monoisotopic (exact) mass is 766 g/mol. The summed E-state index contributed by atoms with van der Waals surface area (Å²) in [4.78, 5) is 12.8. The minimum atomic E-state index is -0.407. The largest absolute Gasteiger partial charge is 0.236 e. The van der Waals surface area contributed by atoms with Gasteiger partial charge in [-0.2, -0.15) is 0 Å². The lowest BCUT2D eigenvalue weighted by molar-refractivity contribution is 0.722. The molecule has 0 saturated carbocycles. The second kappa shape index (κ2) is 12.5. The molecular formula is C51H30N2S3. The normalized spacial score (nSPS) is 13.4. The topological polar surface area (TPSA) is 25.8 Å². The molecule has 0 N–H and O–H groups in total. The summed E-state index contributed by atoms with van der Waals surface area (Å²) < 4.78 is 2.38. The van der Waals surface area contributed by atoms with Gasteiger partial charge in [-0.15, -0.1) is 22.7 Å². The summed E-state index contributed by atoms with van der Waals surface area (Å²) >= 11 is 5.37. The summed E-state index contributed by atoms with van der Waals surface area (Å²) in [6, 6.07) is 66.9. The van der Waals surface area contributed by atoms with E-state index in [9.17, 15) is 0 Å². The third-order valence-electron chi connectivity index (χ3n) is 11.4. The first-order valence-corrected chi connectivity index (χ1v) is 21.2.